The molecule has 0 bridgehead atoms. The van der Waals surface area contributed by atoms with Crippen molar-refractivity contribution in [2.24, 2.45) is 5.16 Å². The molecule has 0 aliphatic heterocycles. The minimum Gasteiger partial charge on any atom is -0.481 e. The molecule has 152 valence electrons. The zero-order valence-corrected chi connectivity index (χ0v) is 16.5. The molecule has 3 aromatic carbocycles. The number of aryl methyl sites for hydroxylation is 1. The molecule has 0 atom stereocenters. The number of nitrogens with zero attached hydrogens (tertiary/aromatic N) is 1. The first-order valence-electron chi connectivity index (χ1n) is 9.46. The van der Waals surface area contributed by atoms with Crippen LogP contribution in [-0.2, 0) is 16.1 Å². The Kier molecular flexibility index (Phi) is 6.95. The van der Waals surface area contributed by atoms with E-state index in [1.54, 1.807) is 30.3 Å². The monoisotopic (exact) mass is 402 g/mol. The van der Waals surface area contributed by atoms with Crippen LogP contribution in [0.4, 0.5) is 5.69 Å². The van der Waals surface area contributed by atoms with Gasteiger partial charge in [0.1, 0.15) is 12.8 Å². The number of carboxylic acid groups (broad SMARTS) is 1. The highest BCUT2D eigenvalue weighted by molar-refractivity contribution is 6.14. The van der Waals surface area contributed by atoms with E-state index in [4.69, 9.17) is 9.94 Å². The number of amides is 1. The molecule has 0 heterocycles. The molecule has 0 aliphatic rings. The fraction of sp³-hybridized carbons (Fsp3) is 0.125. The molecule has 2 N–H and O–H groups in total. The number of anilines is 1. The number of carboxylic acids is 1. The van der Waals surface area contributed by atoms with Crippen molar-refractivity contribution in [3.63, 3.8) is 0 Å². The Morgan fingerprint density at radius 1 is 0.900 bits per heavy atom. The maximum Gasteiger partial charge on any atom is 0.303 e. The number of oxime groups is 1. The van der Waals surface area contributed by atoms with Crippen molar-refractivity contribution in [3.05, 3.63) is 101 Å². The van der Waals surface area contributed by atoms with E-state index in [1.807, 2.05) is 48.5 Å². The first kappa shape index (κ1) is 20.8. The second kappa shape index (κ2) is 10.0. The zero-order chi connectivity index (χ0) is 21.3. The van der Waals surface area contributed by atoms with Crippen LogP contribution in [0.15, 0.2) is 84.0 Å². The number of rotatable bonds is 8. The van der Waals surface area contributed by atoms with E-state index in [0.717, 1.165) is 16.7 Å². The van der Waals surface area contributed by atoms with Gasteiger partial charge < -0.3 is 15.3 Å². The Morgan fingerprint density at radius 3 is 2.23 bits per heavy atom. The molecule has 1 amide bonds. The summed E-state index contributed by atoms with van der Waals surface area (Å²) in [5.74, 6) is -1.08. The molecule has 0 fully saturated rings. The summed E-state index contributed by atoms with van der Waals surface area (Å²) in [6.07, 6.45) is 0.526. The molecular formula is C24H22N2O4. The molecule has 3 aromatic rings. The Bertz CT molecular complexity index is 1040. The van der Waals surface area contributed by atoms with E-state index in [1.165, 1.54) is 7.11 Å². The zero-order valence-electron chi connectivity index (χ0n) is 16.5. The van der Waals surface area contributed by atoms with Crippen molar-refractivity contribution >= 4 is 23.3 Å². The highest BCUT2D eigenvalue weighted by Crippen LogP contribution is 2.16. The van der Waals surface area contributed by atoms with Crippen molar-refractivity contribution < 1.29 is 19.5 Å². The third kappa shape index (κ3) is 5.54. The quantitative estimate of drug-likeness (QED) is 0.433. The van der Waals surface area contributed by atoms with Crippen molar-refractivity contribution in [3.8, 4) is 0 Å². The molecule has 0 radical (unpaired) electrons. The first-order chi connectivity index (χ1) is 14.6. The van der Waals surface area contributed by atoms with Crippen LogP contribution in [0.3, 0.4) is 0 Å². The van der Waals surface area contributed by atoms with Gasteiger partial charge in [-0.15, -0.1) is 0 Å². The van der Waals surface area contributed by atoms with Crippen molar-refractivity contribution in [2.75, 3.05) is 12.4 Å². The molecule has 0 spiro atoms. The van der Waals surface area contributed by atoms with Crippen molar-refractivity contribution in [1.29, 1.82) is 0 Å². The number of nitrogens with one attached hydrogen (secondary N) is 1. The Hall–Kier alpha value is -3.93. The predicted octanol–water partition coefficient (Wildman–Crippen LogP) is 4.35. The van der Waals surface area contributed by atoms with Crippen LogP contribution in [0, 0.1) is 0 Å². The van der Waals surface area contributed by atoms with E-state index in [2.05, 4.69) is 10.5 Å². The SMILES string of the molecule is CON=C(c1ccccc1)c1cccc(C(=O)Nc2ccc(CCC(=O)O)cc2)c1. The standard InChI is InChI=1S/C24H22N2O4/c1-30-26-23(18-6-3-2-4-7-18)19-8-5-9-20(16-19)24(29)25-21-13-10-17(11-14-21)12-15-22(27)28/h2-11,13-14,16H,12,15H2,1H3,(H,25,29)(H,27,28). The van der Waals surface area contributed by atoms with Crippen LogP contribution in [0.2, 0.25) is 0 Å². The second-order valence-electron chi connectivity index (χ2n) is 6.61. The van der Waals surface area contributed by atoms with Gasteiger partial charge in [-0.3, -0.25) is 9.59 Å². The number of carbonyl (C=O) groups excluding carboxylic acids is 1. The maximum atomic E-state index is 12.7. The van der Waals surface area contributed by atoms with Gasteiger partial charge in [0.15, 0.2) is 0 Å². The average molecular weight is 402 g/mol. The molecule has 0 unspecified atom stereocenters. The van der Waals surface area contributed by atoms with Gasteiger partial charge >= 0.3 is 5.97 Å². The number of benzene rings is 3. The van der Waals surface area contributed by atoms with Gasteiger partial charge in [-0.1, -0.05) is 59.8 Å². The van der Waals surface area contributed by atoms with E-state index >= 15 is 0 Å². The lowest BCUT2D eigenvalue weighted by molar-refractivity contribution is -0.136. The van der Waals surface area contributed by atoms with E-state index in [9.17, 15) is 9.59 Å². The highest BCUT2D eigenvalue weighted by atomic mass is 16.6. The van der Waals surface area contributed by atoms with E-state index in [-0.39, 0.29) is 12.3 Å². The van der Waals surface area contributed by atoms with Gasteiger partial charge in [0.25, 0.3) is 5.91 Å². The molecular weight excluding hydrogens is 380 g/mol. The largest absolute Gasteiger partial charge is 0.481 e. The maximum absolute atomic E-state index is 12.7. The van der Waals surface area contributed by atoms with Crippen LogP contribution in [0.1, 0.15) is 33.5 Å². The topological polar surface area (TPSA) is 88.0 Å². The molecule has 0 aromatic heterocycles. The minimum absolute atomic E-state index is 0.0747. The Morgan fingerprint density at radius 2 is 1.57 bits per heavy atom. The fourth-order valence-electron chi connectivity index (χ4n) is 2.98. The summed E-state index contributed by atoms with van der Waals surface area (Å²) in [4.78, 5) is 28.4. The summed E-state index contributed by atoms with van der Waals surface area (Å²) in [5.41, 5.74) is 4.31. The first-order valence-corrected chi connectivity index (χ1v) is 9.46. The van der Waals surface area contributed by atoms with Gasteiger partial charge in [-0.25, -0.2) is 0 Å². The normalized spacial score (nSPS) is 11.0. The van der Waals surface area contributed by atoms with Gasteiger partial charge in [0.2, 0.25) is 0 Å². The molecule has 6 heteroatoms. The number of hydrogen-bond donors (Lipinski definition) is 2. The summed E-state index contributed by atoms with van der Waals surface area (Å²) in [7, 11) is 1.49. The van der Waals surface area contributed by atoms with Gasteiger partial charge in [0, 0.05) is 28.8 Å². The van der Waals surface area contributed by atoms with Crippen molar-refractivity contribution in [2.45, 2.75) is 12.8 Å². The average Bonchev–Trinajstić information content (AvgIpc) is 2.77. The van der Waals surface area contributed by atoms with Crippen LogP contribution < -0.4 is 5.32 Å². The molecule has 0 saturated carbocycles. The highest BCUT2D eigenvalue weighted by Gasteiger charge is 2.12. The van der Waals surface area contributed by atoms with Crippen LogP contribution >= 0.6 is 0 Å². The predicted molar refractivity (Wildman–Crippen MR) is 116 cm³/mol. The lowest BCUT2D eigenvalue weighted by atomic mass is 10.0. The van der Waals surface area contributed by atoms with Gasteiger partial charge in [0.05, 0.1) is 0 Å². The fourth-order valence-corrected chi connectivity index (χ4v) is 2.98. The van der Waals surface area contributed by atoms with Gasteiger partial charge in [-0.05, 0) is 36.2 Å². The molecule has 3 rings (SSSR count). The molecule has 6 nitrogen and oxygen atoms in total. The summed E-state index contributed by atoms with van der Waals surface area (Å²) in [5, 5.41) is 15.8. The minimum atomic E-state index is -0.834. The van der Waals surface area contributed by atoms with E-state index < -0.39 is 5.97 Å². The second-order valence-corrected chi connectivity index (χ2v) is 6.61. The lowest BCUT2D eigenvalue weighted by Gasteiger charge is -2.10. The number of carbonyl (C=O) groups is 2. The summed E-state index contributed by atoms with van der Waals surface area (Å²) < 4.78 is 0. The lowest BCUT2D eigenvalue weighted by Crippen LogP contribution is -2.13. The third-order valence-corrected chi connectivity index (χ3v) is 4.47. The number of aliphatic carboxylic acids is 1. The number of hydrogen-bond acceptors (Lipinski definition) is 4. The van der Waals surface area contributed by atoms with Crippen LogP contribution in [-0.4, -0.2) is 29.8 Å². The van der Waals surface area contributed by atoms with Crippen molar-refractivity contribution in [1.82, 2.24) is 0 Å². The van der Waals surface area contributed by atoms with Crippen LogP contribution in [0.25, 0.3) is 0 Å². The summed E-state index contributed by atoms with van der Waals surface area (Å²) in [6, 6.07) is 23.9. The Labute approximate surface area is 174 Å². The third-order valence-electron chi connectivity index (χ3n) is 4.47. The summed E-state index contributed by atoms with van der Waals surface area (Å²) >= 11 is 0. The van der Waals surface area contributed by atoms with Gasteiger partial charge in [-0.2, -0.15) is 0 Å². The van der Waals surface area contributed by atoms with E-state index in [0.29, 0.717) is 23.4 Å². The summed E-state index contributed by atoms with van der Waals surface area (Å²) in [6.45, 7) is 0. The molecule has 0 saturated heterocycles. The van der Waals surface area contributed by atoms with Crippen LogP contribution in [0.5, 0.6) is 0 Å². The Balaban J connectivity index is 1.76. The molecule has 30 heavy (non-hydrogen) atoms. The molecule has 0 aliphatic carbocycles. The smallest absolute Gasteiger partial charge is 0.303 e.